The number of hydrogen-bond donors (Lipinski definition) is 1. The molecule has 0 spiro atoms. The molecule has 0 saturated carbocycles. The van der Waals surface area contributed by atoms with Crippen LogP contribution < -0.4 is 5.73 Å². The molecule has 0 unspecified atom stereocenters. The van der Waals surface area contributed by atoms with Crippen LogP contribution in [0, 0.1) is 32.1 Å². The van der Waals surface area contributed by atoms with E-state index in [1.54, 1.807) is 0 Å². The van der Waals surface area contributed by atoms with Crippen LogP contribution in [0.15, 0.2) is 6.07 Å². The first-order chi connectivity index (χ1) is 8.88. The summed E-state index contributed by atoms with van der Waals surface area (Å²) in [4.78, 5) is 0. The van der Waals surface area contributed by atoms with E-state index in [2.05, 4.69) is 5.10 Å². The number of hydrogen-bond acceptors (Lipinski definition) is 3. The average molecular weight is 295 g/mol. The van der Waals surface area contributed by atoms with Crippen LogP contribution in [0.2, 0.25) is 10.0 Å². The van der Waals surface area contributed by atoms with Crippen LogP contribution >= 0.6 is 23.2 Å². The molecular formula is C13H12Cl2N4. The number of halogens is 2. The maximum atomic E-state index is 8.87. The van der Waals surface area contributed by atoms with Gasteiger partial charge in [0.15, 0.2) is 5.69 Å². The lowest BCUT2D eigenvalue weighted by Crippen LogP contribution is -2.07. The monoisotopic (exact) mass is 294 g/mol. The summed E-state index contributed by atoms with van der Waals surface area (Å²) in [7, 11) is 0. The highest BCUT2D eigenvalue weighted by atomic mass is 35.5. The van der Waals surface area contributed by atoms with Crippen molar-refractivity contribution in [2.45, 2.75) is 20.8 Å². The Balaban J connectivity index is 2.83. The van der Waals surface area contributed by atoms with Gasteiger partial charge in [0.1, 0.15) is 11.9 Å². The van der Waals surface area contributed by atoms with Gasteiger partial charge in [-0.05, 0) is 37.5 Å². The van der Waals surface area contributed by atoms with Crippen LogP contribution in [0.1, 0.15) is 22.4 Å². The Labute approximate surface area is 121 Å². The van der Waals surface area contributed by atoms with E-state index in [0.29, 0.717) is 21.6 Å². The quantitative estimate of drug-likeness (QED) is 0.874. The van der Waals surface area contributed by atoms with Gasteiger partial charge in [-0.3, -0.25) is 0 Å². The van der Waals surface area contributed by atoms with Gasteiger partial charge in [-0.1, -0.05) is 23.2 Å². The summed E-state index contributed by atoms with van der Waals surface area (Å²) in [6.07, 6.45) is 0. The van der Waals surface area contributed by atoms with E-state index in [9.17, 15) is 0 Å². The smallest absolute Gasteiger partial charge is 0.165 e. The van der Waals surface area contributed by atoms with Crippen LogP contribution in [0.25, 0.3) is 5.69 Å². The van der Waals surface area contributed by atoms with Crippen LogP contribution in [-0.4, -0.2) is 9.78 Å². The molecule has 98 valence electrons. The largest absolute Gasteiger partial charge is 0.384 e. The molecule has 19 heavy (non-hydrogen) atoms. The van der Waals surface area contributed by atoms with Gasteiger partial charge in [0.25, 0.3) is 0 Å². The molecule has 2 N–H and O–H groups in total. The van der Waals surface area contributed by atoms with Gasteiger partial charge < -0.3 is 5.73 Å². The maximum absolute atomic E-state index is 8.87. The molecule has 2 aromatic rings. The van der Waals surface area contributed by atoms with Crippen molar-refractivity contribution < 1.29 is 0 Å². The fraction of sp³-hybridized carbons (Fsp3) is 0.231. The van der Waals surface area contributed by atoms with Crippen molar-refractivity contribution in [3.05, 3.63) is 38.5 Å². The van der Waals surface area contributed by atoms with Crippen molar-refractivity contribution in [3.63, 3.8) is 0 Å². The molecule has 2 rings (SSSR count). The second-order valence-electron chi connectivity index (χ2n) is 4.33. The first-order valence-electron chi connectivity index (χ1n) is 5.59. The van der Waals surface area contributed by atoms with Crippen molar-refractivity contribution in [2.24, 2.45) is 0 Å². The predicted octanol–water partition coefficient (Wildman–Crippen LogP) is 3.56. The minimum absolute atomic E-state index is 0.238. The highest BCUT2D eigenvalue weighted by Gasteiger charge is 2.19. The number of benzene rings is 1. The van der Waals surface area contributed by atoms with E-state index in [-0.39, 0.29) is 5.69 Å². The SMILES string of the molecule is Cc1c(C)c(Cl)c(Cl)c(-n2nc(C#N)cc2N)c1C. The molecule has 4 nitrogen and oxygen atoms in total. The summed E-state index contributed by atoms with van der Waals surface area (Å²) in [6.45, 7) is 5.79. The highest BCUT2D eigenvalue weighted by molar-refractivity contribution is 6.43. The molecule has 0 fully saturated rings. The molecule has 0 bridgehead atoms. The van der Waals surface area contributed by atoms with Gasteiger partial charge in [-0.2, -0.15) is 10.4 Å². The van der Waals surface area contributed by atoms with Gasteiger partial charge in [0.2, 0.25) is 0 Å². The molecule has 0 aliphatic heterocycles. The summed E-state index contributed by atoms with van der Waals surface area (Å²) >= 11 is 12.5. The lowest BCUT2D eigenvalue weighted by Gasteiger charge is -2.16. The standard InChI is InChI=1S/C13H12Cl2N4/c1-6-7(2)11(14)12(15)13(8(6)3)19-10(17)4-9(5-16)18-19/h4H,17H2,1-3H3. The number of aromatic nitrogens is 2. The topological polar surface area (TPSA) is 67.6 Å². The van der Waals surface area contributed by atoms with Gasteiger partial charge in [-0.15, -0.1) is 0 Å². The molecule has 0 amide bonds. The minimum atomic E-state index is 0.238. The van der Waals surface area contributed by atoms with Crippen LogP contribution in [0.3, 0.4) is 0 Å². The van der Waals surface area contributed by atoms with E-state index in [0.717, 1.165) is 16.7 Å². The fourth-order valence-corrected chi connectivity index (χ4v) is 2.53. The van der Waals surface area contributed by atoms with Crippen molar-refractivity contribution in [1.82, 2.24) is 9.78 Å². The Morgan fingerprint density at radius 3 is 2.32 bits per heavy atom. The van der Waals surface area contributed by atoms with Crippen LogP contribution in [0.5, 0.6) is 0 Å². The number of nitrogens with zero attached hydrogens (tertiary/aromatic N) is 3. The Morgan fingerprint density at radius 1 is 1.16 bits per heavy atom. The van der Waals surface area contributed by atoms with Crippen molar-refractivity contribution in [3.8, 4) is 11.8 Å². The van der Waals surface area contributed by atoms with E-state index in [1.165, 1.54) is 10.7 Å². The average Bonchev–Trinajstić information content (AvgIpc) is 2.76. The van der Waals surface area contributed by atoms with E-state index >= 15 is 0 Å². The Morgan fingerprint density at radius 2 is 1.79 bits per heavy atom. The lowest BCUT2D eigenvalue weighted by molar-refractivity contribution is 0.873. The molecule has 1 heterocycles. The zero-order valence-corrected chi connectivity index (χ0v) is 12.3. The first kappa shape index (κ1) is 13.7. The first-order valence-corrected chi connectivity index (χ1v) is 6.34. The van der Waals surface area contributed by atoms with Crippen LogP contribution in [0.4, 0.5) is 5.82 Å². The predicted molar refractivity (Wildman–Crippen MR) is 76.9 cm³/mol. The van der Waals surface area contributed by atoms with Gasteiger partial charge in [0, 0.05) is 6.07 Å². The summed E-state index contributed by atoms with van der Waals surface area (Å²) in [5.41, 5.74) is 9.62. The third-order valence-corrected chi connectivity index (χ3v) is 4.21. The second-order valence-corrected chi connectivity index (χ2v) is 5.09. The maximum Gasteiger partial charge on any atom is 0.165 e. The van der Waals surface area contributed by atoms with Gasteiger partial charge in [0.05, 0.1) is 15.7 Å². The molecule has 0 radical (unpaired) electrons. The number of anilines is 1. The Kier molecular flexibility index (Phi) is 3.44. The molecule has 1 aromatic carbocycles. The molecular weight excluding hydrogens is 283 g/mol. The lowest BCUT2D eigenvalue weighted by atomic mass is 10.0. The fourth-order valence-electron chi connectivity index (χ4n) is 1.94. The van der Waals surface area contributed by atoms with E-state index < -0.39 is 0 Å². The molecule has 0 aliphatic rings. The second kappa shape index (κ2) is 4.76. The van der Waals surface area contributed by atoms with Gasteiger partial charge >= 0.3 is 0 Å². The number of nitrogen functional groups attached to an aromatic ring is 1. The number of nitrogens with two attached hydrogens (primary N) is 1. The molecule has 0 aliphatic carbocycles. The normalized spacial score (nSPS) is 10.5. The van der Waals surface area contributed by atoms with Gasteiger partial charge in [-0.25, -0.2) is 4.68 Å². The summed E-state index contributed by atoms with van der Waals surface area (Å²) in [5.74, 6) is 0.348. The Bertz CT molecular complexity index is 681. The molecule has 0 saturated heterocycles. The van der Waals surface area contributed by atoms with Crippen molar-refractivity contribution in [1.29, 1.82) is 5.26 Å². The molecule has 6 heteroatoms. The number of nitriles is 1. The van der Waals surface area contributed by atoms with Crippen molar-refractivity contribution >= 4 is 29.0 Å². The number of rotatable bonds is 1. The van der Waals surface area contributed by atoms with E-state index in [1.807, 2.05) is 26.8 Å². The molecule has 1 aromatic heterocycles. The Hall–Kier alpha value is -1.70. The third kappa shape index (κ3) is 2.05. The highest BCUT2D eigenvalue weighted by Crippen LogP contribution is 2.37. The third-order valence-electron chi connectivity index (χ3n) is 3.27. The zero-order chi connectivity index (χ0) is 14.3. The van der Waals surface area contributed by atoms with E-state index in [4.69, 9.17) is 34.2 Å². The summed E-state index contributed by atoms with van der Waals surface area (Å²) in [6, 6.07) is 3.45. The summed E-state index contributed by atoms with van der Waals surface area (Å²) in [5, 5.41) is 13.9. The van der Waals surface area contributed by atoms with Crippen molar-refractivity contribution in [2.75, 3.05) is 5.73 Å². The zero-order valence-electron chi connectivity index (χ0n) is 10.8. The molecule has 0 atom stereocenters. The summed E-state index contributed by atoms with van der Waals surface area (Å²) < 4.78 is 1.45. The minimum Gasteiger partial charge on any atom is -0.384 e. The van der Waals surface area contributed by atoms with Crippen LogP contribution in [-0.2, 0) is 0 Å².